The fourth-order valence-electron chi connectivity index (χ4n) is 4.00. The van der Waals surface area contributed by atoms with Gasteiger partial charge in [0.05, 0.1) is 28.0 Å². The topological polar surface area (TPSA) is 119 Å². The maximum Gasteiger partial charge on any atom is 0.270 e. The molecule has 0 aliphatic heterocycles. The summed E-state index contributed by atoms with van der Waals surface area (Å²) < 4.78 is 1.52. The van der Waals surface area contributed by atoms with Crippen LogP contribution in [0, 0.1) is 10.1 Å². The summed E-state index contributed by atoms with van der Waals surface area (Å²) >= 11 is 8.71. The van der Waals surface area contributed by atoms with Crippen molar-refractivity contribution in [2.24, 2.45) is 5.10 Å². The van der Waals surface area contributed by atoms with Gasteiger partial charge in [-0.3, -0.25) is 24.3 Å². The zero-order chi connectivity index (χ0) is 25.2. The third kappa shape index (κ3) is 4.90. The number of thiophene rings is 1. The van der Waals surface area contributed by atoms with E-state index in [4.69, 9.17) is 16.6 Å². The molecule has 2 aromatic heterocycles. The first-order valence-electron chi connectivity index (χ1n) is 10.9. The van der Waals surface area contributed by atoms with Gasteiger partial charge in [-0.25, -0.2) is 10.4 Å². The van der Waals surface area contributed by atoms with Crippen LogP contribution in [-0.2, 0) is 17.6 Å². The van der Waals surface area contributed by atoms with Crippen molar-refractivity contribution in [2.45, 2.75) is 24.4 Å². The van der Waals surface area contributed by atoms with Crippen LogP contribution in [0.5, 0.6) is 0 Å². The molecule has 12 heteroatoms. The number of benzene rings is 2. The second-order valence-corrected chi connectivity index (χ2v) is 10.4. The van der Waals surface area contributed by atoms with E-state index in [9.17, 15) is 19.7 Å². The molecule has 0 radical (unpaired) electrons. The van der Waals surface area contributed by atoms with Crippen molar-refractivity contribution < 1.29 is 9.72 Å². The molecule has 0 fully saturated rings. The summed E-state index contributed by atoms with van der Waals surface area (Å²) in [5, 5.41) is 16.4. The van der Waals surface area contributed by atoms with Crippen molar-refractivity contribution >= 4 is 62.7 Å². The normalized spacial score (nSPS) is 12.8. The number of non-ortho nitro benzene ring substituents is 1. The zero-order valence-corrected chi connectivity index (χ0v) is 21.0. The van der Waals surface area contributed by atoms with Gasteiger partial charge in [0.15, 0.2) is 5.16 Å². The summed E-state index contributed by atoms with van der Waals surface area (Å²) in [6, 6.07) is 12.8. The SMILES string of the molecule is O=C(CSc1nc2sc3c(c2c(=O)n1-c1ccc(Cl)cc1)CCC3)NN=Cc1cccc([N+](=O)[O-])c1. The lowest BCUT2D eigenvalue weighted by Crippen LogP contribution is -2.24. The molecule has 0 saturated heterocycles. The van der Waals surface area contributed by atoms with Gasteiger partial charge in [-0.05, 0) is 49.1 Å². The molecular formula is C24H18ClN5O4S2. The van der Waals surface area contributed by atoms with Crippen LogP contribution >= 0.6 is 34.7 Å². The first kappa shape index (κ1) is 24.2. The number of amides is 1. The molecule has 36 heavy (non-hydrogen) atoms. The van der Waals surface area contributed by atoms with E-state index in [1.165, 1.54) is 45.2 Å². The number of rotatable bonds is 7. The van der Waals surface area contributed by atoms with Crippen molar-refractivity contribution in [3.05, 3.63) is 90.0 Å². The lowest BCUT2D eigenvalue weighted by atomic mass is 10.2. The van der Waals surface area contributed by atoms with Gasteiger partial charge in [0, 0.05) is 27.6 Å². The van der Waals surface area contributed by atoms with E-state index in [0.29, 0.717) is 31.6 Å². The zero-order valence-electron chi connectivity index (χ0n) is 18.6. The Hall–Kier alpha value is -3.54. The molecule has 1 N–H and O–H groups in total. The summed E-state index contributed by atoms with van der Waals surface area (Å²) in [5.74, 6) is -0.449. The molecule has 2 heterocycles. The summed E-state index contributed by atoms with van der Waals surface area (Å²) in [5.41, 5.74) is 4.36. The number of carbonyl (C=O) groups is 1. The average Bonchev–Trinajstić information content (AvgIpc) is 3.45. The molecule has 1 aliphatic carbocycles. The number of aromatic nitrogens is 2. The van der Waals surface area contributed by atoms with Crippen LogP contribution in [0.4, 0.5) is 5.69 Å². The minimum Gasteiger partial charge on any atom is -0.272 e. The number of hydrogen-bond donors (Lipinski definition) is 1. The lowest BCUT2D eigenvalue weighted by molar-refractivity contribution is -0.384. The number of hydrogen-bond acceptors (Lipinski definition) is 8. The van der Waals surface area contributed by atoms with Gasteiger partial charge in [-0.2, -0.15) is 5.10 Å². The van der Waals surface area contributed by atoms with E-state index in [1.54, 1.807) is 30.3 Å². The van der Waals surface area contributed by atoms with E-state index in [0.717, 1.165) is 36.6 Å². The minimum atomic E-state index is -0.501. The monoisotopic (exact) mass is 539 g/mol. The van der Waals surface area contributed by atoms with Crippen LogP contribution in [0.25, 0.3) is 15.9 Å². The highest BCUT2D eigenvalue weighted by molar-refractivity contribution is 7.99. The van der Waals surface area contributed by atoms with Crippen LogP contribution in [0.3, 0.4) is 0 Å². The molecule has 0 spiro atoms. The van der Waals surface area contributed by atoms with Gasteiger partial charge in [0.25, 0.3) is 17.2 Å². The molecular weight excluding hydrogens is 522 g/mol. The van der Waals surface area contributed by atoms with Gasteiger partial charge in [0.2, 0.25) is 0 Å². The summed E-state index contributed by atoms with van der Waals surface area (Å²) in [4.78, 5) is 43.1. The van der Waals surface area contributed by atoms with Crippen LogP contribution in [-0.4, -0.2) is 32.3 Å². The molecule has 0 bridgehead atoms. The number of nitrogens with one attached hydrogen (secondary N) is 1. The van der Waals surface area contributed by atoms with Gasteiger partial charge >= 0.3 is 0 Å². The Labute approximate surface area is 218 Å². The third-order valence-electron chi connectivity index (χ3n) is 5.61. The maximum absolute atomic E-state index is 13.6. The second-order valence-electron chi connectivity index (χ2n) is 7.98. The number of nitro benzene ring substituents is 1. The first-order chi connectivity index (χ1) is 17.4. The Morgan fingerprint density at radius 1 is 1.28 bits per heavy atom. The Morgan fingerprint density at radius 3 is 2.86 bits per heavy atom. The van der Waals surface area contributed by atoms with Crippen LogP contribution in [0.15, 0.2) is 63.6 Å². The van der Waals surface area contributed by atoms with Crippen LogP contribution in [0.2, 0.25) is 5.02 Å². The molecule has 4 aromatic rings. The van der Waals surface area contributed by atoms with E-state index in [1.807, 2.05) is 0 Å². The molecule has 1 aliphatic rings. The van der Waals surface area contributed by atoms with Crippen molar-refractivity contribution in [3.63, 3.8) is 0 Å². The van der Waals surface area contributed by atoms with E-state index >= 15 is 0 Å². The Bertz CT molecular complexity index is 1580. The summed E-state index contributed by atoms with van der Waals surface area (Å²) in [7, 11) is 0. The van der Waals surface area contributed by atoms with Crippen molar-refractivity contribution in [2.75, 3.05) is 5.75 Å². The van der Waals surface area contributed by atoms with E-state index in [2.05, 4.69) is 10.5 Å². The van der Waals surface area contributed by atoms with Gasteiger partial charge < -0.3 is 0 Å². The first-order valence-corrected chi connectivity index (χ1v) is 13.1. The molecule has 0 unspecified atom stereocenters. The predicted molar refractivity (Wildman–Crippen MR) is 142 cm³/mol. The van der Waals surface area contributed by atoms with Gasteiger partial charge in [0.1, 0.15) is 4.83 Å². The number of nitro groups is 1. The highest BCUT2D eigenvalue weighted by Crippen LogP contribution is 2.36. The predicted octanol–water partition coefficient (Wildman–Crippen LogP) is 4.74. The summed E-state index contributed by atoms with van der Waals surface area (Å²) in [6.07, 6.45) is 4.18. The number of thioether (sulfide) groups is 1. The molecule has 0 saturated carbocycles. The molecule has 9 nitrogen and oxygen atoms in total. The fourth-order valence-corrected chi connectivity index (χ4v) is 6.23. The largest absolute Gasteiger partial charge is 0.272 e. The molecule has 0 atom stereocenters. The third-order valence-corrected chi connectivity index (χ3v) is 7.99. The van der Waals surface area contributed by atoms with Crippen molar-refractivity contribution in [3.8, 4) is 5.69 Å². The van der Waals surface area contributed by atoms with Crippen molar-refractivity contribution in [1.29, 1.82) is 0 Å². The average molecular weight is 540 g/mol. The van der Waals surface area contributed by atoms with Gasteiger partial charge in [-0.1, -0.05) is 35.5 Å². The molecule has 2 aromatic carbocycles. The lowest BCUT2D eigenvalue weighted by Gasteiger charge is -2.12. The number of hydrazone groups is 1. The quantitative estimate of drug-likeness (QED) is 0.119. The molecule has 182 valence electrons. The number of fused-ring (bicyclic) bond motifs is 3. The maximum atomic E-state index is 13.6. The van der Waals surface area contributed by atoms with Crippen molar-refractivity contribution in [1.82, 2.24) is 15.0 Å². The van der Waals surface area contributed by atoms with E-state index in [-0.39, 0.29) is 17.0 Å². The Kier molecular flexibility index (Phi) is 6.86. The highest BCUT2D eigenvalue weighted by atomic mass is 35.5. The number of halogens is 1. The number of carbonyl (C=O) groups excluding carboxylic acids is 1. The number of aryl methyl sites for hydroxylation is 2. The molecule has 1 amide bonds. The number of nitrogens with zero attached hydrogens (tertiary/aromatic N) is 4. The fraction of sp³-hybridized carbons (Fsp3) is 0.167. The highest BCUT2D eigenvalue weighted by Gasteiger charge is 2.24. The minimum absolute atomic E-state index is 0.0388. The standard InChI is InChI=1S/C24H18ClN5O4S2/c25-15-7-9-16(10-8-15)29-23(32)21-18-5-2-6-19(18)36-22(21)27-24(29)35-13-20(31)28-26-12-14-3-1-4-17(11-14)30(33)34/h1,3-4,7-12H,2,5-6,13H2,(H,28,31). The van der Waals surface area contributed by atoms with Gasteiger partial charge in [-0.15, -0.1) is 11.3 Å². The molecule has 5 rings (SSSR count). The summed E-state index contributed by atoms with van der Waals surface area (Å²) in [6.45, 7) is 0. The Morgan fingerprint density at radius 2 is 2.08 bits per heavy atom. The van der Waals surface area contributed by atoms with Crippen LogP contribution in [0.1, 0.15) is 22.4 Å². The Balaban J connectivity index is 1.38. The smallest absolute Gasteiger partial charge is 0.270 e. The van der Waals surface area contributed by atoms with Crippen LogP contribution < -0.4 is 11.0 Å². The second kappa shape index (κ2) is 10.2. The van der Waals surface area contributed by atoms with E-state index < -0.39 is 10.8 Å².